The van der Waals surface area contributed by atoms with Crippen molar-refractivity contribution in [2.45, 2.75) is 22.6 Å². The Kier molecular flexibility index (Phi) is 5.34. The van der Waals surface area contributed by atoms with Gasteiger partial charge >= 0.3 is 0 Å². The van der Waals surface area contributed by atoms with Crippen LogP contribution in [0.4, 0.5) is 5.69 Å². The molecular formula is C18H20N2O3S2. The van der Waals surface area contributed by atoms with Gasteiger partial charge in [0, 0.05) is 29.2 Å². The first-order chi connectivity index (χ1) is 12.0. The van der Waals surface area contributed by atoms with Crippen LogP contribution >= 0.6 is 11.8 Å². The Hall–Kier alpha value is -1.99. The van der Waals surface area contributed by atoms with Gasteiger partial charge < -0.3 is 4.90 Å². The van der Waals surface area contributed by atoms with Crippen LogP contribution in [0.3, 0.4) is 0 Å². The molecule has 1 saturated heterocycles. The number of sulfonamides is 1. The SMILES string of the molecule is CSc1ccc(S(=O)(=O)Nc2ccc(C(=O)N3CCCC3)cc2)cc1. The molecule has 0 unspecified atom stereocenters. The summed E-state index contributed by atoms with van der Waals surface area (Å²) in [5.41, 5.74) is 1.01. The van der Waals surface area contributed by atoms with Crippen molar-refractivity contribution in [3.63, 3.8) is 0 Å². The fourth-order valence-electron chi connectivity index (χ4n) is 2.75. The largest absolute Gasteiger partial charge is 0.339 e. The number of hydrogen-bond donors (Lipinski definition) is 1. The molecular weight excluding hydrogens is 356 g/mol. The molecule has 2 aromatic carbocycles. The van der Waals surface area contributed by atoms with E-state index in [9.17, 15) is 13.2 Å². The fourth-order valence-corrected chi connectivity index (χ4v) is 4.22. The van der Waals surface area contributed by atoms with Crippen molar-refractivity contribution < 1.29 is 13.2 Å². The molecule has 1 N–H and O–H groups in total. The number of nitrogens with zero attached hydrogens (tertiary/aromatic N) is 1. The van der Waals surface area contributed by atoms with Gasteiger partial charge in [0.1, 0.15) is 0 Å². The molecule has 1 heterocycles. The second kappa shape index (κ2) is 7.49. The zero-order valence-electron chi connectivity index (χ0n) is 13.9. The lowest BCUT2D eigenvalue weighted by Crippen LogP contribution is -2.27. The lowest BCUT2D eigenvalue weighted by Gasteiger charge is -2.15. The normalized spacial score (nSPS) is 14.5. The molecule has 0 radical (unpaired) electrons. The van der Waals surface area contributed by atoms with Crippen LogP contribution in [0.2, 0.25) is 0 Å². The lowest BCUT2D eigenvalue weighted by molar-refractivity contribution is 0.0793. The van der Waals surface area contributed by atoms with E-state index in [1.165, 1.54) is 0 Å². The maximum Gasteiger partial charge on any atom is 0.261 e. The molecule has 7 heteroatoms. The van der Waals surface area contributed by atoms with Crippen molar-refractivity contribution in [2.24, 2.45) is 0 Å². The zero-order chi connectivity index (χ0) is 17.9. The number of hydrogen-bond acceptors (Lipinski definition) is 4. The predicted molar refractivity (Wildman–Crippen MR) is 101 cm³/mol. The quantitative estimate of drug-likeness (QED) is 0.812. The van der Waals surface area contributed by atoms with Crippen LogP contribution in [0.15, 0.2) is 58.3 Å². The second-order valence-corrected chi connectivity index (χ2v) is 8.42. The van der Waals surface area contributed by atoms with E-state index in [4.69, 9.17) is 0 Å². The summed E-state index contributed by atoms with van der Waals surface area (Å²) in [6, 6.07) is 13.3. The van der Waals surface area contributed by atoms with E-state index in [1.807, 2.05) is 11.2 Å². The van der Waals surface area contributed by atoms with Crippen LogP contribution < -0.4 is 4.72 Å². The molecule has 0 saturated carbocycles. The van der Waals surface area contributed by atoms with Gasteiger partial charge in [-0.25, -0.2) is 8.42 Å². The van der Waals surface area contributed by atoms with Crippen molar-refractivity contribution >= 4 is 33.4 Å². The van der Waals surface area contributed by atoms with Crippen LogP contribution in [0.1, 0.15) is 23.2 Å². The molecule has 1 amide bonds. The zero-order valence-corrected chi connectivity index (χ0v) is 15.6. The first kappa shape index (κ1) is 17.8. The van der Waals surface area contributed by atoms with E-state index in [0.717, 1.165) is 30.8 Å². The molecule has 1 aliphatic heterocycles. The highest BCUT2D eigenvalue weighted by Gasteiger charge is 2.20. The van der Waals surface area contributed by atoms with E-state index in [1.54, 1.807) is 60.3 Å². The third kappa shape index (κ3) is 4.16. The number of rotatable bonds is 5. The second-order valence-electron chi connectivity index (χ2n) is 5.86. The predicted octanol–water partition coefficient (Wildman–Crippen LogP) is 3.45. The molecule has 0 bridgehead atoms. The lowest BCUT2D eigenvalue weighted by atomic mass is 10.2. The van der Waals surface area contributed by atoms with Gasteiger partial charge in [0.2, 0.25) is 0 Å². The summed E-state index contributed by atoms with van der Waals surface area (Å²) in [7, 11) is -3.64. The summed E-state index contributed by atoms with van der Waals surface area (Å²) in [4.78, 5) is 15.4. The molecule has 1 fully saturated rings. The molecule has 0 aromatic heterocycles. The number of carbonyl (C=O) groups is 1. The third-order valence-corrected chi connectivity index (χ3v) is 6.29. The molecule has 0 spiro atoms. The standard InChI is InChI=1S/C18H20N2O3S2/c1-24-16-8-10-17(11-9-16)25(22,23)19-15-6-4-14(5-7-15)18(21)20-12-2-3-13-20/h4-11,19H,2-3,12-13H2,1H3. The highest BCUT2D eigenvalue weighted by atomic mass is 32.2. The molecule has 132 valence electrons. The van der Waals surface area contributed by atoms with Gasteiger partial charge in [0.05, 0.1) is 4.90 Å². The monoisotopic (exact) mass is 376 g/mol. The van der Waals surface area contributed by atoms with Crippen molar-refractivity contribution in [2.75, 3.05) is 24.1 Å². The molecule has 0 aliphatic carbocycles. The molecule has 5 nitrogen and oxygen atoms in total. The van der Waals surface area contributed by atoms with Gasteiger partial charge in [-0.3, -0.25) is 9.52 Å². The highest BCUT2D eigenvalue weighted by molar-refractivity contribution is 7.98. The van der Waals surface area contributed by atoms with Crippen molar-refractivity contribution in [1.82, 2.24) is 4.90 Å². The van der Waals surface area contributed by atoms with Crippen LogP contribution in [0.5, 0.6) is 0 Å². The van der Waals surface area contributed by atoms with Gasteiger partial charge in [-0.2, -0.15) is 0 Å². The van der Waals surface area contributed by atoms with E-state index >= 15 is 0 Å². The minimum Gasteiger partial charge on any atom is -0.339 e. The number of carbonyl (C=O) groups excluding carboxylic acids is 1. The molecule has 2 aromatic rings. The molecule has 25 heavy (non-hydrogen) atoms. The number of anilines is 1. The number of nitrogens with one attached hydrogen (secondary N) is 1. The van der Waals surface area contributed by atoms with Crippen LogP contribution in [-0.4, -0.2) is 38.6 Å². The fraction of sp³-hybridized carbons (Fsp3) is 0.278. The maximum absolute atomic E-state index is 12.4. The first-order valence-electron chi connectivity index (χ1n) is 8.06. The van der Waals surface area contributed by atoms with E-state index in [-0.39, 0.29) is 10.8 Å². The maximum atomic E-state index is 12.4. The number of benzene rings is 2. The first-order valence-corrected chi connectivity index (χ1v) is 10.8. The van der Waals surface area contributed by atoms with Crippen LogP contribution in [-0.2, 0) is 10.0 Å². The van der Waals surface area contributed by atoms with Gasteiger partial charge in [-0.15, -0.1) is 11.8 Å². The molecule has 1 aliphatic rings. The Morgan fingerprint density at radius 2 is 1.60 bits per heavy atom. The van der Waals surface area contributed by atoms with Gasteiger partial charge in [-0.1, -0.05) is 0 Å². The topological polar surface area (TPSA) is 66.5 Å². The summed E-state index contributed by atoms with van der Waals surface area (Å²) in [5.74, 6) is -0.000406. The molecule has 0 atom stereocenters. The molecule has 3 rings (SSSR count). The Morgan fingerprint density at radius 1 is 1.00 bits per heavy atom. The van der Waals surface area contributed by atoms with Crippen molar-refractivity contribution in [1.29, 1.82) is 0 Å². The Labute approximate surface area is 152 Å². The summed E-state index contributed by atoms with van der Waals surface area (Å²) in [6.07, 6.45) is 4.02. The van der Waals surface area contributed by atoms with Gasteiger partial charge in [0.15, 0.2) is 0 Å². The summed E-state index contributed by atoms with van der Waals surface area (Å²) >= 11 is 1.56. The Bertz CT molecular complexity index is 841. The number of thioether (sulfide) groups is 1. The Morgan fingerprint density at radius 3 is 2.16 bits per heavy atom. The Balaban J connectivity index is 1.72. The average molecular weight is 377 g/mol. The van der Waals surface area contributed by atoms with Gasteiger partial charge in [0.25, 0.3) is 15.9 Å². The minimum absolute atomic E-state index is 0.000406. The summed E-state index contributed by atoms with van der Waals surface area (Å²) < 4.78 is 27.4. The third-order valence-electron chi connectivity index (χ3n) is 4.15. The van der Waals surface area contributed by atoms with E-state index in [0.29, 0.717) is 11.3 Å². The number of likely N-dealkylation sites (tertiary alicyclic amines) is 1. The average Bonchev–Trinajstić information content (AvgIpc) is 3.16. The summed E-state index contributed by atoms with van der Waals surface area (Å²) in [5, 5.41) is 0. The van der Waals surface area contributed by atoms with Crippen molar-refractivity contribution in [3.05, 3.63) is 54.1 Å². The van der Waals surface area contributed by atoms with E-state index in [2.05, 4.69) is 4.72 Å². The van der Waals surface area contributed by atoms with Gasteiger partial charge in [-0.05, 0) is 67.6 Å². The highest BCUT2D eigenvalue weighted by Crippen LogP contribution is 2.21. The van der Waals surface area contributed by atoms with Crippen LogP contribution in [0.25, 0.3) is 0 Å². The summed E-state index contributed by atoms with van der Waals surface area (Å²) in [6.45, 7) is 1.58. The minimum atomic E-state index is -3.64. The van der Waals surface area contributed by atoms with Crippen molar-refractivity contribution in [3.8, 4) is 0 Å². The van der Waals surface area contributed by atoms with E-state index < -0.39 is 10.0 Å². The number of amides is 1. The smallest absolute Gasteiger partial charge is 0.261 e. The van der Waals surface area contributed by atoms with Crippen LogP contribution in [0, 0.1) is 0 Å².